The van der Waals surface area contributed by atoms with Crippen molar-refractivity contribution in [2.24, 2.45) is 11.8 Å². The molecule has 2 aromatic rings. The third-order valence-corrected chi connectivity index (χ3v) is 8.56. The van der Waals surface area contributed by atoms with Crippen LogP contribution in [0.2, 0.25) is 0 Å². The van der Waals surface area contributed by atoms with E-state index in [1.54, 1.807) is 0 Å². The molecule has 0 spiro atoms. The van der Waals surface area contributed by atoms with Crippen LogP contribution in [0.25, 0.3) is 0 Å². The fourth-order valence-corrected chi connectivity index (χ4v) is 7.40. The minimum Gasteiger partial charge on any atom is -0.507 e. The molecule has 2 heteroatoms. The lowest BCUT2D eigenvalue weighted by Gasteiger charge is -2.49. The van der Waals surface area contributed by atoms with Gasteiger partial charge in [0, 0.05) is 0 Å². The van der Waals surface area contributed by atoms with Crippen molar-refractivity contribution in [1.29, 1.82) is 0 Å². The highest BCUT2D eigenvalue weighted by Crippen LogP contribution is 2.70. The van der Waals surface area contributed by atoms with Gasteiger partial charge in [0.15, 0.2) is 0 Å². The van der Waals surface area contributed by atoms with Crippen LogP contribution >= 0.6 is 0 Å². The van der Waals surface area contributed by atoms with E-state index < -0.39 is 0 Å². The number of hydrogen-bond acceptors (Lipinski definition) is 2. The zero-order valence-corrected chi connectivity index (χ0v) is 17.6. The lowest BCUT2D eigenvalue weighted by Crippen LogP contribution is -2.43. The fraction of sp³-hybridized carbons (Fsp3) is 0.538. The number of aryl methyl sites for hydroxylation is 4. The molecule has 0 saturated heterocycles. The molecule has 2 nitrogen and oxygen atoms in total. The van der Waals surface area contributed by atoms with E-state index in [2.05, 4.69) is 24.3 Å². The van der Waals surface area contributed by atoms with Crippen molar-refractivity contribution in [3.8, 4) is 11.5 Å². The summed E-state index contributed by atoms with van der Waals surface area (Å²) in [5.74, 6) is 2.47. The second kappa shape index (κ2) is 5.78. The molecule has 5 rings (SSSR count). The molecule has 3 aliphatic carbocycles. The van der Waals surface area contributed by atoms with Crippen molar-refractivity contribution in [2.45, 2.75) is 77.0 Å². The van der Waals surface area contributed by atoms with Crippen LogP contribution in [0.5, 0.6) is 11.5 Å². The van der Waals surface area contributed by atoms with Crippen LogP contribution in [-0.2, 0) is 10.8 Å². The number of phenols is 2. The van der Waals surface area contributed by atoms with Gasteiger partial charge in [-0.2, -0.15) is 0 Å². The lowest BCUT2D eigenvalue weighted by molar-refractivity contribution is 0.114. The first kappa shape index (κ1) is 18.1. The highest BCUT2D eigenvalue weighted by molar-refractivity contribution is 5.50. The molecule has 0 heterocycles. The summed E-state index contributed by atoms with van der Waals surface area (Å²) >= 11 is 0. The van der Waals surface area contributed by atoms with E-state index >= 15 is 0 Å². The fourth-order valence-electron chi connectivity index (χ4n) is 7.40. The first-order valence-corrected chi connectivity index (χ1v) is 10.9. The number of rotatable bonds is 2. The summed E-state index contributed by atoms with van der Waals surface area (Å²) in [4.78, 5) is 0. The van der Waals surface area contributed by atoms with Crippen LogP contribution in [0.3, 0.4) is 0 Å². The van der Waals surface area contributed by atoms with Gasteiger partial charge in [-0.1, -0.05) is 37.1 Å². The van der Waals surface area contributed by atoms with Crippen molar-refractivity contribution in [2.75, 3.05) is 0 Å². The number of phenolic OH excluding ortho intramolecular Hbond substituents is 2. The quantitative estimate of drug-likeness (QED) is 0.663. The van der Waals surface area contributed by atoms with Crippen molar-refractivity contribution in [1.82, 2.24) is 0 Å². The lowest BCUT2D eigenvalue weighted by atomic mass is 9.55. The Bertz CT molecular complexity index is 928. The van der Waals surface area contributed by atoms with E-state index in [0.717, 1.165) is 34.1 Å². The summed E-state index contributed by atoms with van der Waals surface area (Å²) in [7, 11) is 0. The van der Waals surface area contributed by atoms with Crippen LogP contribution in [0.1, 0.15) is 71.9 Å². The van der Waals surface area contributed by atoms with E-state index in [1.165, 1.54) is 49.7 Å². The van der Waals surface area contributed by atoms with Gasteiger partial charge in [-0.3, -0.25) is 0 Å². The van der Waals surface area contributed by atoms with Crippen molar-refractivity contribution in [3.63, 3.8) is 0 Å². The first-order valence-electron chi connectivity index (χ1n) is 10.9. The molecule has 3 saturated carbocycles. The van der Waals surface area contributed by atoms with Crippen molar-refractivity contribution in [3.05, 3.63) is 57.6 Å². The third-order valence-electron chi connectivity index (χ3n) is 8.56. The molecule has 28 heavy (non-hydrogen) atoms. The Hall–Kier alpha value is -1.96. The van der Waals surface area contributed by atoms with Crippen LogP contribution in [-0.4, -0.2) is 10.2 Å². The zero-order valence-electron chi connectivity index (χ0n) is 17.6. The van der Waals surface area contributed by atoms with Crippen LogP contribution in [0.4, 0.5) is 0 Å². The molecule has 2 aromatic carbocycles. The smallest absolute Gasteiger partial charge is 0.121 e. The largest absolute Gasteiger partial charge is 0.507 e. The average molecular weight is 377 g/mol. The van der Waals surface area contributed by atoms with Crippen molar-refractivity contribution < 1.29 is 10.2 Å². The molecular formula is C26H32O2. The predicted octanol–water partition coefficient (Wildman–Crippen LogP) is 6.12. The Morgan fingerprint density at radius 3 is 1.89 bits per heavy atom. The Morgan fingerprint density at radius 1 is 0.786 bits per heavy atom. The number of aromatic hydroxyl groups is 2. The minimum absolute atomic E-state index is 0.249. The minimum atomic E-state index is 0.249. The van der Waals surface area contributed by atoms with Gasteiger partial charge < -0.3 is 10.2 Å². The second-order valence-electron chi connectivity index (χ2n) is 10.2. The average Bonchev–Trinajstić information content (AvgIpc) is 3.19. The molecule has 2 bridgehead atoms. The van der Waals surface area contributed by atoms with Gasteiger partial charge in [0.05, 0.1) is 0 Å². The van der Waals surface area contributed by atoms with Gasteiger partial charge in [0.25, 0.3) is 0 Å². The normalized spacial score (nSPS) is 33.4. The third kappa shape index (κ3) is 2.27. The molecule has 3 aliphatic rings. The van der Waals surface area contributed by atoms with Crippen LogP contribution < -0.4 is 0 Å². The molecule has 148 valence electrons. The zero-order chi connectivity index (χ0) is 19.8. The SMILES string of the molecule is Cc1cc(C23CC4CCCC(c5cc(C)c(O)c(C)c5)(C2)C4C3)cc(C)c1O. The van der Waals surface area contributed by atoms with Gasteiger partial charge in [0.1, 0.15) is 11.5 Å². The molecule has 3 fully saturated rings. The molecule has 4 atom stereocenters. The molecule has 4 unspecified atom stereocenters. The molecular weight excluding hydrogens is 344 g/mol. The van der Waals surface area contributed by atoms with Gasteiger partial charge in [-0.15, -0.1) is 0 Å². The molecule has 0 radical (unpaired) electrons. The van der Waals surface area contributed by atoms with E-state index in [4.69, 9.17) is 0 Å². The maximum absolute atomic E-state index is 10.3. The number of fused-ring (bicyclic) bond motifs is 1. The first-order chi connectivity index (χ1) is 13.3. The highest BCUT2D eigenvalue weighted by Gasteiger charge is 2.64. The Labute approximate surface area is 168 Å². The summed E-state index contributed by atoms with van der Waals surface area (Å²) in [6.45, 7) is 8.15. The summed E-state index contributed by atoms with van der Waals surface area (Å²) in [6, 6.07) is 9.05. The van der Waals surface area contributed by atoms with Crippen LogP contribution in [0, 0.1) is 39.5 Å². The predicted molar refractivity (Wildman–Crippen MR) is 113 cm³/mol. The summed E-state index contributed by atoms with van der Waals surface area (Å²) in [6.07, 6.45) is 7.76. The van der Waals surface area contributed by atoms with Gasteiger partial charge in [-0.25, -0.2) is 0 Å². The Balaban J connectivity index is 1.65. The molecule has 0 aromatic heterocycles. The van der Waals surface area contributed by atoms with E-state index in [0.29, 0.717) is 11.5 Å². The van der Waals surface area contributed by atoms with Gasteiger partial charge in [0.2, 0.25) is 0 Å². The molecule has 2 N–H and O–H groups in total. The van der Waals surface area contributed by atoms with Crippen LogP contribution in [0.15, 0.2) is 24.3 Å². The van der Waals surface area contributed by atoms with E-state index in [1.807, 2.05) is 27.7 Å². The van der Waals surface area contributed by atoms with Gasteiger partial charge >= 0.3 is 0 Å². The standard InChI is InChI=1S/C26H32O2/c1-15-8-20(9-16(2)23(15)27)25-12-19-6-5-7-26(14-25,22(19)13-25)21-10-17(3)24(28)18(4)11-21/h8-11,19,22,27-28H,5-7,12-14H2,1-4H3. The topological polar surface area (TPSA) is 40.5 Å². The summed E-state index contributed by atoms with van der Waals surface area (Å²) in [5.41, 5.74) is 7.46. The summed E-state index contributed by atoms with van der Waals surface area (Å²) < 4.78 is 0. The van der Waals surface area contributed by atoms with Gasteiger partial charge in [-0.05, 0) is 109 Å². The Kier molecular flexibility index (Phi) is 3.73. The second-order valence-corrected chi connectivity index (χ2v) is 10.2. The monoisotopic (exact) mass is 376 g/mol. The molecule has 0 amide bonds. The van der Waals surface area contributed by atoms with E-state index in [-0.39, 0.29) is 10.8 Å². The van der Waals surface area contributed by atoms with E-state index in [9.17, 15) is 10.2 Å². The maximum atomic E-state index is 10.3. The Morgan fingerprint density at radius 2 is 1.32 bits per heavy atom. The molecule has 0 aliphatic heterocycles. The number of benzene rings is 2. The highest BCUT2D eigenvalue weighted by atomic mass is 16.3. The van der Waals surface area contributed by atoms with Crippen molar-refractivity contribution >= 4 is 0 Å². The maximum Gasteiger partial charge on any atom is 0.121 e. The number of hydrogen-bond donors (Lipinski definition) is 2. The summed E-state index contributed by atoms with van der Waals surface area (Å²) in [5, 5.41) is 20.6.